The third-order valence-electron chi connectivity index (χ3n) is 4.82. The van der Waals surface area contributed by atoms with Gasteiger partial charge in [-0.2, -0.15) is 9.78 Å². The highest BCUT2D eigenvalue weighted by molar-refractivity contribution is 7.98. The fourth-order valence-electron chi connectivity index (χ4n) is 3.09. The van der Waals surface area contributed by atoms with Crippen molar-refractivity contribution >= 4 is 29.6 Å². The number of rotatable bonds is 9. The number of halogens is 1. The van der Waals surface area contributed by atoms with Gasteiger partial charge in [-0.25, -0.2) is 0 Å². The zero-order valence-electron chi connectivity index (χ0n) is 18.3. The number of hydrogen-bond acceptors (Lipinski definition) is 6. The van der Waals surface area contributed by atoms with E-state index in [9.17, 15) is 0 Å². The van der Waals surface area contributed by atoms with E-state index in [4.69, 9.17) is 21.1 Å². The van der Waals surface area contributed by atoms with E-state index in [1.54, 1.807) is 29.8 Å². The van der Waals surface area contributed by atoms with Gasteiger partial charge in [-0.3, -0.25) is 0 Å². The largest absolute Gasteiger partial charge is 0.493 e. The van der Waals surface area contributed by atoms with Crippen molar-refractivity contribution in [1.29, 1.82) is 0 Å². The minimum absolute atomic E-state index is 0.377. The zero-order valence-corrected chi connectivity index (χ0v) is 19.9. The highest BCUT2D eigenvalue weighted by Crippen LogP contribution is 2.31. The molecule has 0 radical (unpaired) electrons. The number of aryl methyl sites for hydroxylation is 1. The van der Waals surface area contributed by atoms with Crippen molar-refractivity contribution in [1.82, 2.24) is 14.9 Å². The van der Waals surface area contributed by atoms with Crippen molar-refractivity contribution in [3.8, 4) is 11.5 Å². The Balaban J connectivity index is 1.54. The van der Waals surface area contributed by atoms with Crippen molar-refractivity contribution in [3.05, 3.63) is 100 Å². The average molecular weight is 479 g/mol. The molecule has 8 heteroatoms. The lowest BCUT2D eigenvalue weighted by Crippen LogP contribution is -2.02. The van der Waals surface area contributed by atoms with Gasteiger partial charge in [-0.15, -0.1) is 10.2 Å². The van der Waals surface area contributed by atoms with Crippen molar-refractivity contribution in [2.75, 3.05) is 7.11 Å². The standard InChI is InChI=1S/C25H23ClN4O2S/c1-18-28-29-25(33-17-20-7-4-3-5-8-20)30(18)27-15-21-9-6-10-23(31-2)24(21)32-16-19-11-13-22(26)14-12-19/h3-15H,16-17H2,1-2H3/b27-15+. The van der Waals surface area contributed by atoms with Gasteiger partial charge in [0.15, 0.2) is 17.3 Å². The number of aromatic nitrogens is 3. The Morgan fingerprint density at radius 3 is 2.52 bits per heavy atom. The van der Waals surface area contributed by atoms with E-state index in [1.165, 1.54) is 5.56 Å². The van der Waals surface area contributed by atoms with Gasteiger partial charge in [-0.05, 0) is 42.3 Å². The molecule has 4 rings (SSSR count). The normalized spacial score (nSPS) is 11.1. The van der Waals surface area contributed by atoms with E-state index in [1.807, 2.05) is 67.6 Å². The predicted octanol–water partition coefficient (Wildman–Crippen LogP) is 6.00. The van der Waals surface area contributed by atoms with E-state index in [2.05, 4.69) is 27.4 Å². The number of para-hydroxylation sites is 1. The smallest absolute Gasteiger partial charge is 0.212 e. The summed E-state index contributed by atoms with van der Waals surface area (Å²) in [5.41, 5.74) is 3.00. The van der Waals surface area contributed by atoms with E-state index in [-0.39, 0.29) is 0 Å². The van der Waals surface area contributed by atoms with Crippen LogP contribution in [0.25, 0.3) is 0 Å². The van der Waals surface area contributed by atoms with Crippen molar-refractivity contribution in [2.24, 2.45) is 5.10 Å². The van der Waals surface area contributed by atoms with Crippen LogP contribution >= 0.6 is 23.4 Å². The first kappa shape index (κ1) is 22.9. The van der Waals surface area contributed by atoms with Gasteiger partial charge in [0.05, 0.1) is 13.3 Å². The molecule has 0 atom stereocenters. The number of ether oxygens (including phenoxy) is 2. The van der Waals surface area contributed by atoms with Crippen LogP contribution in [0.4, 0.5) is 0 Å². The first-order valence-electron chi connectivity index (χ1n) is 10.3. The molecule has 1 aromatic heterocycles. The summed E-state index contributed by atoms with van der Waals surface area (Å²) in [5.74, 6) is 2.73. The number of benzene rings is 3. The maximum absolute atomic E-state index is 6.12. The molecule has 6 nitrogen and oxygen atoms in total. The minimum Gasteiger partial charge on any atom is -0.493 e. The third kappa shape index (κ3) is 5.94. The first-order valence-corrected chi connectivity index (χ1v) is 11.7. The summed E-state index contributed by atoms with van der Waals surface area (Å²) < 4.78 is 13.4. The van der Waals surface area contributed by atoms with E-state index >= 15 is 0 Å². The second kappa shape index (κ2) is 11.0. The van der Waals surface area contributed by atoms with Gasteiger partial charge >= 0.3 is 0 Å². The average Bonchev–Trinajstić information content (AvgIpc) is 3.20. The number of nitrogens with zero attached hydrogens (tertiary/aromatic N) is 4. The van der Waals surface area contributed by atoms with Crippen LogP contribution in [-0.2, 0) is 12.4 Å². The van der Waals surface area contributed by atoms with Crippen LogP contribution in [0.2, 0.25) is 5.02 Å². The molecule has 0 aliphatic rings. The van der Waals surface area contributed by atoms with Crippen molar-refractivity contribution in [2.45, 2.75) is 24.4 Å². The minimum atomic E-state index is 0.377. The lowest BCUT2D eigenvalue weighted by Gasteiger charge is -2.13. The molecule has 33 heavy (non-hydrogen) atoms. The SMILES string of the molecule is COc1cccc(/C=N/n2c(C)nnc2SCc2ccccc2)c1OCc1ccc(Cl)cc1. The number of methoxy groups -OCH3 is 1. The van der Waals surface area contributed by atoms with Crippen LogP contribution in [-0.4, -0.2) is 28.2 Å². The zero-order chi connectivity index (χ0) is 23.0. The summed E-state index contributed by atoms with van der Waals surface area (Å²) in [5, 5.41) is 14.5. The van der Waals surface area contributed by atoms with Crippen LogP contribution < -0.4 is 9.47 Å². The Bertz CT molecular complexity index is 1230. The summed E-state index contributed by atoms with van der Waals surface area (Å²) >= 11 is 7.57. The first-order chi connectivity index (χ1) is 16.1. The monoisotopic (exact) mass is 478 g/mol. The fraction of sp³-hybridized carbons (Fsp3) is 0.160. The van der Waals surface area contributed by atoms with Crippen LogP contribution in [0.1, 0.15) is 22.5 Å². The Morgan fingerprint density at radius 1 is 0.970 bits per heavy atom. The molecule has 0 amide bonds. The molecule has 0 saturated heterocycles. The third-order valence-corrected chi connectivity index (χ3v) is 6.06. The Hall–Kier alpha value is -3.29. The summed E-state index contributed by atoms with van der Waals surface area (Å²) in [6.07, 6.45) is 1.74. The van der Waals surface area contributed by atoms with Gasteiger partial charge in [0, 0.05) is 16.3 Å². The van der Waals surface area contributed by atoms with E-state index < -0.39 is 0 Å². The number of thioether (sulfide) groups is 1. The van der Waals surface area contributed by atoms with E-state index in [0.717, 1.165) is 22.0 Å². The molecule has 0 aliphatic heterocycles. The highest BCUT2D eigenvalue weighted by Gasteiger charge is 2.12. The quantitative estimate of drug-likeness (QED) is 0.218. The molecule has 0 bridgehead atoms. The molecule has 0 fully saturated rings. The van der Waals surface area contributed by atoms with Gasteiger partial charge in [0.2, 0.25) is 5.16 Å². The molecule has 3 aromatic carbocycles. The molecule has 1 heterocycles. The van der Waals surface area contributed by atoms with Crippen LogP contribution in [0, 0.1) is 6.92 Å². The van der Waals surface area contributed by atoms with Crippen LogP contribution in [0.15, 0.2) is 83.1 Å². The molecular weight excluding hydrogens is 456 g/mol. The van der Waals surface area contributed by atoms with Gasteiger partial charge in [0.25, 0.3) is 0 Å². The molecule has 168 valence electrons. The Kier molecular flexibility index (Phi) is 7.65. The maximum Gasteiger partial charge on any atom is 0.212 e. The molecule has 0 spiro atoms. The lowest BCUT2D eigenvalue weighted by atomic mass is 10.2. The molecule has 0 unspecified atom stereocenters. The van der Waals surface area contributed by atoms with Gasteiger partial charge in [0.1, 0.15) is 6.61 Å². The highest BCUT2D eigenvalue weighted by atomic mass is 35.5. The maximum atomic E-state index is 6.12. The van der Waals surface area contributed by atoms with Crippen molar-refractivity contribution < 1.29 is 9.47 Å². The predicted molar refractivity (Wildman–Crippen MR) is 133 cm³/mol. The Labute approximate surface area is 202 Å². The summed E-state index contributed by atoms with van der Waals surface area (Å²) in [6.45, 7) is 2.25. The summed E-state index contributed by atoms with van der Waals surface area (Å²) in [4.78, 5) is 0. The number of hydrogen-bond donors (Lipinski definition) is 0. The second-order valence-corrected chi connectivity index (χ2v) is 8.53. The lowest BCUT2D eigenvalue weighted by molar-refractivity contribution is 0.284. The van der Waals surface area contributed by atoms with Crippen molar-refractivity contribution in [3.63, 3.8) is 0 Å². The van der Waals surface area contributed by atoms with Gasteiger partial charge < -0.3 is 9.47 Å². The second-order valence-electron chi connectivity index (χ2n) is 7.15. The summed E-state index contributed by atoms with van der Waals surface area (Å²) in [6, 6.07) is 23.5. The molecule has 4 aromatic rings. The topological polar surface area (TPSA) is 61.5 Å². The van der Waals surface area contributed by atoms with Gasteiger partial charge in [-0.1, -0.05) is 71.9 Å². The van der Waals surface area contributed by atoms with E-state index in [0.29, 0.717) is 29.0 Å². The van der Waals surface area contributed by atoms with Crippen LogP contribution in [0.3, 0.4) is 0 Å². The molecule has 0 aliphatic carbocycles. The fourth-order valence-corrected chi connectivity index (χ4v) is 4.10. The molecule has 0 saturated carbocycles. The molecular formula is C25H23ClN4O2S. The van der Waals surface area contributed by atoms with Crippen LogP contribution in [0.5, 0.6) is 11.5 Å². The summed E-state index contributed by atoms with van der Waals surface area (Å²) in [7, 11) is 1.62. The Morgan fingerprint density at radius 2 is 1.76 bits per heavy atom. The molecule has 0 N–H and O–H groups in total.